The summed E-state index contributed by atoms with van der Waals surface area (Å²) in [7, 11) is 0. The molecule has 10 rings (SSSR count). The van der Waals surface area contributed by atoms with Crippen LogP contribution in [-0.4, -0.2) is 6.71 Å². The van der Waals surface area contributed by atoms with Gasteiger partial charge in [-0.1, -0.05) is 130 Å². The normalized spacial score (nSPS) is 16.3. The van der Waals surface area contributed by atoms with Gasteiger partial charge in [-0.3, -0.25) is 0 Å². The van der Waals surface area contributed by atoms with Gasteiger partial charge in [0.2, 0.25) is 0 Å². The van der Waals surface area contributed by atoms with Gasteiger partial charge in [0.1, 0.15) is 0 Å². The van der Waals surface area contributed by atoms with E-state index in [1.807, 2.05) is 11.3 Å². The molecule has 0 bridgehead atoms. The van der Waals surface area contributed by atoms with E-state index in [9.17, 15) is 0 Å². The molecule has 4 heteroatoms. The maximum absolute atomic E-state index is 2.68. The number of aryl methyl sites for hydroxylation is 3. The highest BCUT2D eigenvalue weighted by molar-refractivity contribution is 7.33. The van der Waals surface area contributed by atoms with Crippen molar-refractivity contribution in [3.63, 3.8) is 0 Å². The summed E-state index contributed by atoms with van der Waals surface area (Å²) in [4.78, 5) is 5.33. The van der Waals surface area contributed by atoms with Crippen LogP contribution in [-0.2, 0) is 21.7 Å². The third kappa shape index (κ3) is 6.25. The molecule has 6 aromatic carbocycles. The Labute approximate surface area is 369 Å². The zero-order valence-electron chi connectivity index (χ0n) is 38.7. The monoisotopic (exact) mass is 816 g/mol. The molecule has 0 unspecified atom stereocenters. The van der Waals surface area contributed by atoms with Gasteiger partial charge in [0.15, 0.2) is 0 Å². The maximum atomic E-state index is 2.68. The van der Waals surface area contributed by atoms with Crippen LogP contribution in [0.5, 0.6) is 0 Å². The zero-order chi connectivity index (χ0) is 43.1. The Bertz CT molecular complexity index is 2920. The molecule has 3 heterocycles. The molecular formula is C57H61BN2S. The van der Waals surface area contributed by atoms with E-state index in [2.05, 4.69) is 209 Å². The Hall–Kier alpha value is -5.06. The second-order valence-corrected chi connectivity index (χ2v) is 23.0. The molecule has 0 radical (unpaired) electrons. The number of hydrogen-bond donors (Lipinski definition) is 0. The summed E-state index contributed by atoms with van der Waals surface area (Å²) in [6.45, 7) is 31.0. The minimum absolute atomic E-state index is 0.0166. The highest BCUT2D eigenvalue weighted by Crippen LogP contribution is 2.53. The molecule has 0 spiro atoms. The smallest absolute Gasteiger partial charge is 0.264 e. The fourth-order valence-electron chi connectivity index (χ4n) is 10.7. The molecule has 7 aromatic rings. The van der Waals surface area contributed by atoms with Crippen molar-refractivity contribution >= 4 is 78.0 Å². The average molecular weight is 817 g/mol. The van der Waals surface area contributed by atoms with Crippen molar-refractivity contribution in [2.24, 2.45) is 0 Å². The molecule has 2 nitrogen and oxygen atoms in total. The van der Waals surface area contributed by atoms with Gasteiger partial charge in [-0.15, -0.1) is 11.3 Å². The van der Waals surface area contributed by atoms with Crippen molar-refractivity contribution in [1.82, 2.24) is 0 Å². The molecule has 1 aliphatic carbocycles. The van der Waals surface area contributed by atoms with Gasteiger partial charge >= 0.3 is 0 Å². The van der Waals surface area contributed by atoms with E-state index in [1.165, 1.54) is 123 Å². The maximum Gasteiger partial charge on any atom is 0.264 e. The van der Waals surface area contributed by atoms with Crippen LogP contribution in [0.15, 0.2) is 109 Å². The van der Waals surface area contributed by atoms with Gasteiger partial charge in [0, 0.05) is 43.3 Å². The predicted molar refractivity (Wildman–Crippen MR) is 268 cm³/mol. The molecule has 0 saturated carbocycles. The first kappa shape index (κ1) is 40.0. The lowest BCUT2D eigenvalue weighted by atomic mass is 9.35. The molecule has 1 aromatic heterocycles. The molecule has 61 heavy (non-hydrogen) atoms. The third-order valence-electron chi connectivity index (χ3n) is 14.5. The minimum atomic E-state index is -0.0166. The number of hydrogen-bond acceptors (Lipinski definition) is 3. The van der Waals surface area contributed by atoms with E-state index in [4.69, 9.17) is 0 Å². The first-order chi connectivity index (χ1) is 28.7. The lowest BCUT2D eigenvalue weighted by molar-refractivity contribution is 0.332. The Morgan fingerprint density at radius 1 is 0.574 bits per heavy atom. The molecule has 0 amide bonds. The molecule has 0 saturated heterocycles. The highest BCUT2D eigenvalue weighted by atomic mass is 32.1. The number of nitrogens with zero attached hydrogens (tertiary/aromatic N) is 2. The van der Waals surface area contributed by atoms with Crippen LogP contribution in [0.1, 0.15) is 121 Å². The van der Waals surface area contributed by atoms with Crippen molar-refractivity contribution in [3.8, 4) is 11.1 Å². The van der Waals surface area contributed by atoms with Gasteiger partial charge in [-0.05, 0) is 165 Å². The van der Waals surface area contributed by atoms with Crippen molar-refractivity contribution in [1.29, 1.82) is 0 Å². The van der Waals surface area contributed by atoms with E-state index in [0.29, 0.717) is 0 Å². The van der Waals surface area contributed by atoms with E-state index in [0.717, 1.165) is 0 Å². The summed E-state index contributed by atoms with van der Waals surface area (Å²) in [5, 5.41) is 1.33. The predicted octanol–water partition coefficient (Wildman–Crippen LogP) is 14.5. The van der Waals surface area contributed by atoms with Gasteiger partial charge in [0.05, 0.1) is 5.69 Å². The van der Waals surface area contributed by atoms with E-state index in [-0.39, 0.29) is 28.4 Å². The zero-order valence-corrected chi connectivity index (χ0v) is 39.5. The van der Waals surface area contributed by atoms with Crippen molar-refractivity contribution in [3.05, 3.63) is 148 Å². The molecule has 3 aliphatic rings. The van der Waals surface area contributed by atoms with Crippen molar-refractivity contribution < 1.29 is 0 Å². The summed E-state index contributed by atoms with van der Waals surface area (Å²) in [5.74, 6) is 0. The fourth-order valence-corrected chi connectivity index (χ4v) is 12.0. The Morgan fingerprint density at radius 3 is 1.82 bits per heavy atom. The Kier molecular flexibility index (Phi) is 8.84. The summed E-state index contributed by atoms with van der Waals surface area (Å²) < 4.78 is 2.79. The lowest BCUT2D eigenvalue weighted by Gasteiger charge is -2.47. The lowest BCUT2D eigenvalue weighted by Crippen LogP contribution is -2.61. The molecule has 2 aliphatic heterocycles. The number of benzene rings is 6. The van der Waals surface area contributed by atoms with Crippen LogP contribution in [0, 0.1) is 20.8 Å². The second-order valence-electron chi connectivity index (χ2n) is 21.9. The molecule has 0 fully saturated rings. The summed E-state index contributed by atoms with van der Waals surface area (Å²) >= 11 is 2.00. The molecule has 308 valence electrons. The molecule has 0 N–H and O–H groups in total. The third-order valence-corrected chi connectivity index (χ3v) is 15.7. The topological polar surface area (TPSA) is 6.48 Å². The highest BCUT2D eigenvalue weighted by Gasteiger charge is 2.48. The fraction of sp³-hybridized carbons (Fsp3) is 0.333. The van der Waals surface area contributed by atoms with E-state index < -0.39 is 0 Å². The van der Waals surface area contributed by atoms with Crippen molar-refractivity contribution in [2.45, 2.75) is 125 Å². The SMILES string of the molecule is Cc1cc2c3c(c1)N(c1cc(C(C)(C)C)cc(C(C)(C)C)c1)c1c(sc4ccccc14)B3c1cc3c(cc1N2c1ccc(-c2ccccc2C)cc1C)C(C)(C)CCC3(C)C. The second kappa shape index (κ2) is 13.5. The Balaban J connectivity index is 1.33. The molecule has 0 atom stereocenters. The number of fused-ring (bicyclic) bond motifs is 7. The number of anilines is 6. The van der Waals surface area contributed by atoms with Gasteiger partial charge < -0.3 is 9.80 Å². The first-order valence-corrected chi connectivity index (χ1v) is 23.3. The minimum Gasteiger partial charge on any atom is -0.311 e. The number of thiophene rings is 1. The van der Waals surface area contributed by atoms with Crippen LogP contribution >= 0.6 is 11.3 Å². The van der Waals surface area contributed by atoms with Crippen LogP contribution in [0.4, 0.5) is 34.1 Å². The quantitative estimate of drug-likeness (QED) is 0.164. The van der Waals surface area contributed by atoms with Gasteiger partial charge in [-0.25, -0.2) is 0 Å². The average Bonchev–Trinajstić information content (AvgIpc) is 3.58. The summed E-state index contributed by atoms with van der Waals surface area (Å²) in [5.41, 5.74) is 22.9. The Morgan fingerprint density at radius 2 is 1.18 bits per heavy atom. The van der Waals surface area contributed by atoms with Gasteiger partial charge in [-0.2, -0.15) is 0 Å². The van der Waals surface area contributed by atoms with Crippen LogP contribution in [0.2, 0.25) is 0 Å². The standard InChI is InChI=1S/C57H61BN2S/c1-34-26-48-51-49(27-34)60(46-23-22-37(28-36(46)3)41-19-15-14-18-35(41)2)47-33-44-43(56(10,11)24-25-57(44,12)13)32-45(47)58(51)53-52(42-20-16-17-21-50(42)61-53)59(48)40-30-38(54(4,5)6)29-39(31-40)55(7,8)9/h14-23,26-33H,24-25H2,1-13H3. The first-order valence-electron chi connectivity index (χ1n) is 22.5. The van der Waals surface area contributed by atoms with E-state index in [1.54, 1.807) is 0 Å². The largest absolute Gasteiger partial charge is 0.311 e. The number of rotatable bonds is 3. The van der Waals surface area contributed by atoms with Crippen LogP contribution < -0.4 is 25.5 Å². The van der Waals surface area contributed by atoms with Crippen molar-refractivity contribution in [2.75, 3.05) is 9.80 Å². The summed E-state index contributed by atoms with van der Waals surface area (Å²) in [6.07, 6.45) is 2.36. The van der Waals surface area contributed by atoms with E-state index >= 15 is 0 Å². The van der Waals surface area contributed by atoms with Crippen LogP contribution in [0.25, 0.3) is 21.2 Å². The van der Waals surface area contributed by atoms with Gasteiger partial charge in [0.25, 0.3) is 6.71 Å². The summed E-state index contributed by atoms with van der Waals surface area (Å²) in [6, 6.07) is 42.8. The van der Waals surface area contributed by atoms with Crippen LogP contribution in [0.3, 0.4) is 0 Å². The molecular weight excluding hydrogens is 756 g/mol.